The van der Waals surface area contributed by atoms with Crippen molar-refractivity contribution in [3.05, 3.63) is 90.9 Å². The first-order chi connectivity index (χ1) is 15.3. The number of nitrogens with zero attached hydrogens (tertiary/aromatic N) is 6. The first-order valence-electron chi connectivity index (χ1n) is 10.4. The molecule has 0 amide bonds. The van der Waals surface area contributed by atoms with E-state index in [0.29, 0.717) is 6.54 Å². The lowest BCUT2D eigenvalue weighted by Gasteiger charge is -2.12. The molecule has 9 heteroatoms. The molecule has 0 bridgehead atoms. The number of rotatable bonds is 8. The molecule has 4 rings (SSSR count). The predicted octanol–water partition coefficient (Wildman–Crippen LogP) is 3.37. The van der Waals surface area contributed by atoms with Gasteiger partial charge in [-0.25, -0.2) is 19.6 Å². The van der Waals surface area contributed by atoms with Gasteiger partial charge in [0, 0.05) is 44.1 Å². The Morgan fingerprint density at radius 1 is 1.00 bits per heavy atom. The summed E-state index contributed by atoms with van der Waals surface area (Å²) in [6, 6.07) is 14.4. The van der Waals surface area contributed by atoms with Crippen LogP contribution in [0.2, 0.25) is 0 Å². The molecule has 0 atom stereocenters. The van der Waals surface area contributed by atoms with Crippen molar-refractivity contribution in [2.45, 2.75) is 19.9 Å². The smallest absolute Gasteiger partial charge is 0.191 e. The van der Waals surface area contributed by atoms with Crippen molar-refractivity contribution in [1.29, 1.82) is 0 Å². The number of guanidine groups is 1. The molecule has 0 saturated heterocycles. The third kappa shape index (κ3) is 6.39. The van der Waals surface area contributed by atoms with Gasteiger partial charge in [-0.15, -0.1) is 24.0 Å². The molecule has 4 aromatic rings. The van der Waals surface area contributed by atoms with Gasteiger partial charge in [-0.3, -0.25) is 4.57 Å². The summed E-state index contributed by atoms with van der Waals surface area (Å²) in [5, 5.41) is 11.0. The van der Waals surface area contributed by atoms with Gasteiger partial charge in [-0.1, -0.05) is 18.2 Å². The number of benzene rings is 1. The lowest BCUT2D eigenvalue weighted by molar-refractivity contribution is 0.798. The maximum Gasteiger partial charge on any atom is 0.191 e. The van der Waals surface area contributed by atoms with Gasteiger partial charge in [0.15, 0.2) is 5.96 Å². The van der Waals surface area contributed by atoms with Gasteiger partial charge >= 0.3 is 0 Å². The van der Waals surface area contributed by atoms with Gasteiger partial charge in [0.25, 0.3) is 0 Å². The zero-order valence-corrected chi connectivity index (χ0v) is 20.3. The van der Waals surface area contributed by atoms with Crippen molar-refractivity contribution in [3.8, 4) is 11.5 Å². The zero-order valence-electron chi connectivity index (χ0n) is 17.9. The normalized spacial score (nSPS) is 11.1. The molecule has 8 nitrogen and oxygen atoms in total. The molecule has 0 aliphatic heterocycles. The van der Waals surface area contributed by atoms with Crippen molar-refractivity contribution in [1.82, 2.24) is 34.9 Å². The first-order valence-corrected chi connectivity index (χ1v) is 10.4. The molecule has 3 heterocycles. The molecule has 0 saturated carbocycles. The fourth-order valence-corrected chi connectivity index (χ4v) is 3.13. The van der Waals surface area contributed by atoms with Crippen LogP contribution in [-0.4, -0.2) is 43.4 Å². The number of imidazole rings is 1. The van der Waals surface area contributed by atoms with Crippen LogP contribution in [0.5, 0.6) is 0 Å². The van der Waals surface area contributed by atoms with E-state index in [1.807, 2.05) is 46.0 Å². The molecule has 0 radical (unpaired) electrons. The van der Waals surface area contributed by atoms with Gasteiger partial charge < -0.3 is 10.6 Å². The highest BCUT2D eigenvalue weighted by molar-refractivity contribution is 14.0. The minimum Gasteiger partial charge on any atom is -0.357 e. The minimum atomic E-state index is 0. The second kappa shape index (κ2) is 12.0. The number of halogens is 1. The van der Waals surface area contributed by atoms with Crippen LogP contribution in [0.1, 0.15) is 18.1 Å². The van der Waals surface area contributed by atoms with Crippen LogP contribution in [0.4, 0.5) is 0 Å². The zero-order chi connectivity index (χ0) is 21.3. The number of hydrogen-bond donors (Lipinski definition) is 2. The Morgan fingerprint density at radius 3 is 2.50 bits per heavy atom. The summed E-state index contributed by atoms with van der Waals surface area (Å²) in [5.41, 5.74) is 3.37. The van der Waals surface area contributed by atoms with E-state index in [9.17, 15) is 0 Å². The Balaban J connectivity index is 0.00000289. The van der Waals surface area contributed by atoms with Gasteiger partial charge in [0.1, 0.15) is 12.1 Å². The topological polar surface area (TPSA) is 85.0 Å². The Bertz CT molecular complexity index is 1070. The van der Waals surface area contributed by atoms with E-state index in [-0.39, 0.29) is 24.0 Å². The maximum absolute atomic E-state index is 4.68. The third-order valence-electron chi connectivity index (χ3n) is 4.75. The van der Waals surface area contributed by atoms with Crippen LogP contribution in [0, 0.1) is 0 Å². The highest BCUT2D eigenvalue weighted by Gasteiger charge is 2.02. The van der Waals surface area contributed by atoms with E-state index in [0.717, 1.165) is 42.5 Å². The number of aliphatic imine (C=N–C) groups is 1. The van der Waals surface area contributed by atoms with Crippen molar-refractivity contribution >= 4 is 29.9 Å². The molecule has 0 aliphatic carbocycles. The van der Waals surface area contributed by atoms with Crippen LogP contribution in [0.3, 0.4) is 0 Å². The number of pyridine rings is 1. The summed E-state index contributed by atoms with van der Waals surface area (Å²) in [7, 11) is 0. The monoisotopic (exact) mass is 542 g/mol. The first kappa shape index (κ1) is 23.5. The van der Waals surface area contributed by atoms with E-state index in [4.69, 9.17) is 0 Å². The summed E-state index contributed by atoms with van der Waals surface area (Å²) >= 11 is 0. The van der Waals surface area contributed by atoms with Crippen molar-refractivity contribution in [2.24, 2.45) is 4.99 Å². The molecule has 3 aromatic heterocycles. The van der Waals surface area contributed by atoms with Gasteiger partial charge in [0.05, 0.1) is 12.2 Å². The standard InChI is InChI=1S/C23H26N8.HI/c1-2-25-23(28-17-20-6-9-22(27-16-20)30-15-13-24-18-30)26-12-10-19-4-7-21(8-5-19)31-14-3-11-29-31;/h3-9,11,13-16,18H,2,10,12,17H2,1H3,(H2,25,26,28);1H. The SMILES string of the molecule is CCNC(=NCc1ccc(-n2ccnc2)nc1)NCCc1ccc(-n2cccn2)cc1.I. The maximum atomic E-state index is 4.68. The minimum absolute atomic E-state index is 0. The number of hydrogen-bond acceptors (Lipinski definition) is 4. The van der Waals surface area contributed by atoms with E-state index in [1.54, 1.807) is 18.7 Å². The van der Waals surface area contributed by atoms with Crippen LogP contribution >= 0.6 is 24.0 Å². The largest absolute Gasteiger partial charge is 0.357 e. The lowest BCUT2D eigenvalue weighted by atomic mass is 10.1. The summed E-state index contributed by atoms with van der Waals surface area (Å²) in [4.78, 5) is 13.2. The molecule has 0 unspecified atom stereocenters. The van der Waals surface area contributed by atoms with E-state index >= 15 is 0 Å². The molecule has 2 N–H and O–H groups in total. The average molecular weight is 542 g/mol. The molecule has 0 aliphatic rings. The Kier molecular flexibility index (Phi) is 8.79. The van der Waals surface area contributed by atoms with Crippen LogP contribution in [0.15, 0.2) is 84.8 Å². The van der Waals surface area contributed by atoms with Crippen molar-refractivity contribution < 1.29 is 0 Å². The summed E-state index contributed by atoms with van der Waals surface area (Å²) in [6.07, 6.45) is 11.8. The second-order valence-corrected chi connectivity index (χ2v) is 6.98. The third-order valence-corrected chi connectivity index (χ3v) is 4.75. The highest BCUT2D eigenvalue weighted by atomic mass is 127. The summed E-state index contributed by atoms with van der Waals surface area (Å²) < 4.78 is 3.73. The van der Waals surface area contributed by atoms with Crippen molar-refractivity contribution in [2.75, 3.05) is 13.1 Å². The molecule has 166 valence electrons. The second-order valence-electron chi connectivity index (χ2n) is 6.98. The summed E-state index contributed by atoms with van der Waals surface area (Å²) in [5.74, 6) is 1.64. The Morgan fingerprint density at radius 2 is 1.84 bits per heavy atom. The van der Waals surface area contributed by atoms with Crippen LogP contribution in [0.25, 0.3) is 11.5 Å². The average Bonchev–Trinajstić information content (AvgIpc) is 3.53. The van der Waals surface area contributed by atoms with Crippen LogP contribution < -0.4 is 10.6 Å². The molecular formula is C23H27IN8. The molecule has 1 aromatic carbocycles. The quantitative estimate of drug-likeness (QED) is 0.203. The predicted molar refractivity (Wildman–Crippen MR) is 137 cm³/mol. The molecular weight excluding hydrogens is 515 g/mol. The van der Waals surface area contributed by atoms with Gasteiger partial charge in [0.2, 0.25) is 0 Å². The Hall–Kier alpha value is -3.21. The van der Waals surface area contributed by atoms with Gasteiger partial charge in [-0.05, 0) is 48.7 Å². The van der Waals surface area contributed by atoms with Crippen LogP contribution in [-0.2, 0) is 13.0 Å². The van der Waals surface area contributed by atoms with E-state index < -0.39 is 0 Å². The van der Waals surface area contributed by atoms with E-state index in [2.05, 4.69) is 61.9 Å². The molecule has 0 fully saturated rings. The molecule has 0 spiro atoms. The fourth-order valence-electron chi connectivity index (χ4n) is 3.13. The van der Waals surface area contributed by atoms with Gasteiger partial charge in [-0.2, -0.15) is 5.10 Å². The van der Waals surface area contributed by atoms with Crippen molar-refractivity contribution in [3.63, 3.8) is 0 Å². The lowest BCUT2D eigenvalue weighted by Crippen LogP contribution is -2.38. The Labute approximate surface area is 204 Å². The number of aromatic nitrogens is 5. The molecule has 32 heavy (non-hydrogen) atoms. The summed E-state index contributed by atoms with van der Waals surface area (Å²) in [6.45, 7) is 4.23. The number of nitrogens with one attached hydrogen (secondary N) is 2. The highest BCUT2D eigenvalue weighted by Crippen LogP contribution is 2.09. The van der Waals surface area contributed by atoms with E-state index in [1.165, 1.54) is 5.56 Å². The fraction of sp³-hybridized carbons (Fsp3) is 0.217.